The Morgan fingerprint density at radius 2 is 0.532 bits per heavy atom. The van der Waals surface area contributed by atoms with Crippen LogP contribution in [-0.2, 0) is 40.5 Å². The summed E-state index contributed by atoms with van der Waals surface area (Å²) in [5.41, 5.74) is 1.49. The third kappa shape index (κ3) is 8.72. The maximum atomic E-state index is 12.2. The van der Waals surface area contributed by atoms with Crippen molar-refractivity contribution in [3.63, 3.8) is 0 Å². The van der Waals surface area contributed by atoms with Crippen molar-refractivity contribution < 1.29 is 51.9 Å². The van der Waals surface area contributed by atoms with Gasteiger partial charge < -0.3 is 0 Å². The minimum atomic E-state index is -4.57. The molecule has 8 aromatic rings. The Kier molecular flexibility index (Phi) is 11.5. The van der Waals surface area contributed by atoms with E-state index in [-0.39, 0.29) is 19.6 Å². The van der Waals surface area contributed by atoms with Crippen molar-refractivity contribution in [1.29, 1.82) is 0 Å². The molecule has 18 heteroatoms. The van der Waals surface area contributed by atoms with Gasteiger partial charge in [0.2, 0.25) is 0 Å². The first-order valence-electron chi connectivity index (χ1n) is 18.2. The van der Waals surface area contributed by atoms with E-state index < -0.39 is 56.3 Å². The summed E-state index contributed by atoms with van der Waals surface area (Å²) in [5.74, 6) is 0. The van der Waals surface area contributed by atoms with Gasteiger partial charge in [0.15, 0.2) is 0 Å². The number of benzene rings is 8. The van der Waals surface area contributed by atoms with Crippen molar-refractivity contribution in [2.75, 3.05) is 0 Å². The van der Waals surface area contributed by atoms with E-state index in [1.807, 2.05) is 72.8 Å². The topological polar surface area (TPSA) is 217 Å². The zero-order valence-electron chi connectivity index (χ0n) is 31.7. The molecule has 8 aromatic carbocycles. The van der Waals surface area contributed by atoms with Gasteiger partial charge in [0.1, 0.15) is 0 Å². The first-order chi connectivity index (χ1) is 29.3. The molecule has 0 aliphatic carbocycles. The van der Waals surface area contributed by atoms with Crippen LogP contribution in [0.2, 0.25) is 0 Å². The van der Waals surface area contributed by atoms with Crippen molar-refractivity contribution in [2.45, 2.75) is 19.6 Å². The second-order valence-electron chi connectivity index (χ2n) is 13.9. The Labute approximate surface area is 360 Å². The number of rotatable bonds is 11. The maximum Gasteiger partial charge on any atom is 0.294 e. The molecule has 0 saturated carbocycles. The Morgan fingerprint density at radius 1 is 0.290 bits per heavy atom. The Morgan fingerprint density at radius 3 is 0.774 bits per heavy atom. The highest BCUT2D eigenvalue weighted by Crippen LogP contribution is 2.46. The summed E-state index contributed by atoms with van der Waals surface area (Å²) >= 11 is 0. The molecule has 314 valence electrons. The fraction of sp³-hybridized carbons (Fsp3) is 0. The molecule has 0 aliphatic rings. The predicted octanol–water partition coefficient (Wildman–Crippen LogP) is 6.16. The smallest absolute Gasteiger partial charge is 0.282 e. The second kappa shape index (κ2) is 16.5. The lowest BCUT2D eigenvalue weighted by molar-refractivity contribution is 0.481. The molecule has 0 spiro atoms. The molecule has 12 nitrogen and oxygen atoms in total. The predicted molar refractivity (Wildman–Crippen MR) is 244 cm³/mol. The molecule has 0 fully saturated rings. The van der Waals surface area contributed by atoms with Crippen LogP contribution >= 0.6 is 15.8 Å². The van der Waals surface area contributed by atoms with Gasteiger partial charge in [-0.15, -0.1) is 0 Å². The van der Waals surface area contributed by atoms with Gasteiger partial charge >= 0.3 is 0 Å². The molecule has 0 heterocycles. The quantitative estimate of drug-likeness (QED) is 0.0847. The lowest BCUT2D eigenvalue weighted by atomic mass is 9.93. The third-order valence-electron chi connectivity index (χ3n) is 10.1. The molecule has 0 aromatic heterocycles. The van der Waals surface area contributed by atoms with Gasteiger partial charge in [0, 0.05) is 0 Å². The van der Waals surface area contributed by atoms with E-state index in [1.165, 1.54) is 48.5 Å². The minimum Gasteiger partial charge on any atom is -0.282 e. The number of fused-ring (bicyclic) bond motifs is 2. The zero-order valence-corrected chi connectivity index (χ0v) is 36.8. The fourth-order valence-corrected chi connectivity index (χ4v) is 14.1. The van der Waals surface area contributed by atoms with Gasteiger partial charge in [-0.3, -0.25) is 18.2 Å². The van der Waals surface area contributed by atoms with Crippen molar-refractivity contribution in [2.24, 2.45) is 0 Å². The maximum absolute atomic E-state index is 12.2. The lowest BCUT2D eigenvalue weighted by Gasteiger charge is -2.28. The Hall–Kier alpha value is -5.22. The van der Waals surface area contributed by atoms with Crippen LogP contribution in [0.4, 0.5) is 0 Å². The van der Waals surface area contributed by atoms with Gasteiger partial charge in [-0.2, -0.15) is 33.7 Å². The first-order valence-corrected chi connectivity index (χ1v) is 26.7. The van der Waals surface area contributed by atoms with Crippen LogP contribution < -0.4 is 31.8 Å². The molecular formula is C44H32O12P2S4. The third-order valence-corrected chi connectivity index (χ3v) is 18.6. The Balaban J connectivity index is 1.50. The number of hydrogen-bond donors (Lipinski definition) is 4. The van der Waals surface area contributed by atoms with Crippen LogP contribution in [0.25, 0.3) is 32.7 Å². The Bertz CT molecular complexity index is 3110. The van der Waals surface area contributed by atoms with E-state index in [4.69, 9.17) is 0 Å². The second-order valence-corrected chi connectivity index (χ2v) is 24.0. The molecule has 4 N–H and O–H groups in total. The van der Waals surface area contributed by atoms with Gasteiger partial charge in [-0.25, -0.2) is 0 Å². The highest BCUT2D eigenvalue weighted by Gasteiger charge is 2.29. The molecular weight excluding hydrogens is 911 g/mol. The van der Waals surface area contributed by atoms with Crippen LogP contribution in [0, 0.1) is 0 Å². The highest BCUT2D eigenvalue weighted by atomic mass is 32.2. The molecule has 0 amide bonds. The summed E-state index contributed by atoms with van der Waals surface area (Å²) in [5, 5.41) is 7.27. The molecule has 8 rings (SSSR count). The van der Waals surface area contributed by atoms with Crippen LogP contribution in [0.1, 0.15) is 0 Å². The molecule has 0 bridgehead atoms. The normalized spacial score (nSPS) is 12.7. The fourth-order valence-electron chi connectivity index (χ4n) is 7.34. The van der Waals surface area contributed by atoms with E-state index >= 15 is 0 Å². The van der Waals surface area contributed by atoms with Crippen molar-refractivity contribution in [3.8, 4) is 11.1 Å². The summed E-state index contributed by atoms with van der Waals surface area (Å²) in [6, 6.07) is 46.0. The van der Waals surface area contributed by atoms with E-state index in [1.54, 1.807) is 48.5 Å². The SMILES string of the molecule is O=S(=O)(O)c1ccc(P(c2ccc(S(=O)(=O)O)cc2)c2ccc3ccccc3c2-c2c(P(c3ccc(S(=O)(=O)O)cc3)c3ccc(S(=O)(=O)O)cc3)ccc3ccccc23)cc1. The van der Waals surface area contributed by atoms with Gasteiger partial charge in [-0.05, 0) is 129 Å². The van der Waals surface area contributed by atoms with Crippen LogP contribution in [0.3, 0.4) is 0 Å². The summed E-state index contributed by atoms with van der Waals surface area (Å²) in [4.78, 5) is -1.34. The van der Waals surface area contributed by atoms with E-state index in [9.17, 15) is 51.9 Å². The standard InChI is InChI=1S/C44H32O12P2S4/c45-59(46,47)35-19-11-31(12-20-35)57(32-13-21-36(22-14-32)60(48,49)50)41-27-9-29-5-1-3-7-39(29)43(41)44-40-8-4-2-6-30(40)10-28-42(44)58(33-15-23-37(24-16-33)61(51,52)53)34-17-25-38(26-18-34)62(54,55)56/h1-28H,(H,45,46,47)(H,48,49,50)(H,51,52,53)(H,54,55,56). The van der Waals surface area contributed by atoms with E-state index in [0.717, 1.165) is 43.3 Å². The minimum absolute atomic E-state index is 0.335. The summed E-state index contributed by atoms with van der Waals surface area (Å²) < 4.78 is 137. The lowest BCUT2D eigenvalue weighted by Crippen LogP contribution is -2.26. The van der Waals surface area contributed by atoms with Crippen molar-refractivity contribution in [3.05, 3.63) is 170 Å². The van der Waals surface area contributed by atoms with Gasteiger partial charge in [-0.1, -0.05) is 121 Å². The number of hydrogen-bond acceptors (Lipinski definition) is 8. The molecule has 0 saturated heterocycles. The average Bonchev–Trinajstić information content (AvgIpc) is 3.23. The average molecular weight is 943 g/mol. The van der Waals surface area contributed by atoms with Crippen LogP contribution in [0.15, 0.2) is 189 Å². The molecule has 0 aliphatic heterocycles. The summed E-state index contributed by atoms with van der Waals surface area (Å²) in [6.45, 7) is 0. The van der Waals surface area contributed by atoms with Gasteiger partial charge in [0.05, 0.1) is 19.6 Å². The molecule has 62 heavy (non-hydrogen) atoms. The summed E-state index contributed by atoms with van der Waals surface area (Å²) in [7, 11) is -21.7. The van der Waals surface area contributed by atoms with E-state index in [2.05, 4.69) is 0 Å². The largest absolute Gasteiger partial charge is 0.294 e. The molecule has 0 unspecified atom stereocenters. The molecule has 0 atom stereocenters. The first kappa shape index (κ1) is 43.4. The highest BCUT2D eigenvalue weighted by molar-refractivity contribution is 7.86. The van der Waals surface area contributed by atoms with Gasteiger partial charge in [0.25, 0.3) is 40.5 Å². The van der Waals surface area contributed by atoms with Crippen molar-refractivity contribution >= 4 is 110 Å². The zero-order chi connectivity index (χ0) is 44.2. The van der Waals surface area contributed by atoms with Crippen LogP contribution in [0.5, 0.6) is 0 Å². The molecule has 0 radical (unpaired) electrons. The van der Waals surface area contributed by atoms with Crippen LogP contribution in [-0.4, -0.2) is 51.9 Å². The van der Waals surface area contributed by atoms with Crippen molar-refractivity contribution in [1.82, 2.24) is 0 Å². The monoisotopic (exact) mass is 942 g/mol. The summed E-state index contributed by atoms with van der Waals surface area (Å²) in [6.07, 6.45) is 0. The van der Waals surface area contributed by atoms with E-state index in [0.29, 0.717) is 21.2 Å².